The molecule has 0 N–H and O–H groups in total. The second kappa shape index (κ2) is 8.06. The highest BCUT2D eigenvalue weighted by atomic mass is 16.5. The number of carbonyl (C=O) groups excluding carboxylic acids is 3. The number of Topliss-reactive ketones (excluding diaryl/α,β-unsaturated/α-hetero) is 1. The van der Waals surface area contributed by atoms with Crippen LogP contribution in [0.1, 0.15) is 72.1 Å². The van der Waals surface area contributed by atoms with Gasteiger partial charge in [-0.05, 0) is 53.0 Å². The molecule has 1 aliphatic rings. The van der Waals surface area contributed by atoms with E-state index in [4.69, 9.17) is 4.74 Å². The highest BCUT2D eigenvalue weighted by Crippen LogP contribution is 2.30. The lowest BCUT2D eigenvalue weighted by molar-refractivity contribution is -0.139. The van der Waals surface area contributed by atoms with Gasteiger partial charge in [0, 0.05) is 30.8 Å². The SMILES string of the molecule is CCOC(=O)c1c(C)c(C(=O)[C@H](C)N(CC)C(=O)C2CCC2)c(C)n1C. The summed E-state index contributed by atoms with van der Waals surface area (Å²) in [7, 11) is 1.76. The predicted molar refractivity (Wildman–Crippen MR) is 99.4 cm³/mol. The lowest BCUT2D eigenvalue weighted by Gasteiger charge is -2.34. The standard InChI is InChI=1S/C20H30N2O4/c1-7-22(19(24)15-10-9-11-15)14(5)18(23)16-12(3)17(20(25)26-8-2)21(6)13(16)4/h14-15H,7-11H2,1-6H3/t14-/m0/s1. The summed E-state index contributed by atoms with van der Waals surface area (Å²) in [6.07, 6.45) is 2.90. The minimum atomic E-state index is -0.553. The summed E-state index contributed by atoms with van der Waals surface area (Å²) >= 11 is 0. The average molecular weight is 362 g/mol. The van der Waals surface area contributed by atoms with E-state index < -0.39 is 12.0 Å². The smallest absolute Gasteiger partial charge is 0.355 e. The van der Waals surface area contributed by atoms with E-state index in [-0.39, 0.29) is 24.2 Å². The summed E-state index contributed by atoms with van der Waals surface area (Å²) in [4.78, 5) is 39.8. The van der Waals surface area contributed by atoms with Gasteiger partial charge < -0.3 is 14.2 Å². The topological polar surface area (TPSA) is 68.6 Å². The third-order valence-electron chi connectivity index (χ3n) is 5.57. The van der Waals surface area contributed by atoms with E-state index in [1.165, 1.54) is 0 Å². The van der Waals surface area contributed by atoms with Crippen molar-refractivity contribution in [2.45, 2.75) is 59.9 Å². The fraction of sp³-hybridized carbons (Fsp3) is 0.650. The third kappa shape index (κ3) is 3.41. The quantitative estimate of drug-likeness (QED) is 0.552. The fourth-order valence-corrected chi connectivity index (χ4v) is 3.69. The molecule has 0 spiro atoms. The molecule has 0 unspecified atom stereocenters. The number of amides is 1. The zero-order chi connectivity index (χ0) is 19.6. The summed E-state index contributed by atoms with van der Waals surface area (Å²) in [6, 6.07) is -0.553. The summed E-state index contributed by atoms with van der Waals surface area (Å²) in [5.41, 5.74) is 2.25. The molecule has 1 amide bonds. The maximum atomic E-state index is 13.2. The molecule has 26 heavy (non-hydrogen) atoms. The van der Waals surface area contributed by atoms with Crippen LogP contribution in [0.4, 0.5) is 0 Å². The molecule has 0 aliphatic heterocycles. The molecular weight excluding hydrogens is 332 g/mol. The van der Waals surface area contributed by atoms with Crippen molar-refractivity contribution in [2.75, 3.05) is 13.2 Å². The van der Waals surface area contributed by atoms with Crippen LogP contribution in [0.25, 0.3) is 0 Å². The minimum Gasteiger partial charge on any atom is -0.461 e. The molecule has 0 saturated heterocycles. The van der Waals surface area contributed by atoms with E-state index >= 15 is 0 Å². The molecular formula is C20H30N2O4. The second-order valence-electron chi connectivity index (χ2n) is 7.01. The molecule has 1 aromatic heterocycles. The Morgan fingerprint density at radius 2 is 1.85 bits per heavy atom. The van der Waals surface area contributed by atoms with Crippen LogP contribution >= 0.6 is 0 Å². The van der Waals surface area contributed by atoms with Gasteiger partial charge in [-0.2, -0.15) is 0 Å². The Bertz CT molecular complexity index is 716. The molecule has 0 bridgehead atoms. The minimum absolute atomic E-state index is 0.0539. The van der Waals surface area contributed by atoms with Crippen molar-refractivity contribution in [3.63, 3.8) is 0 Å². The fourth-order valence-electron chi connectivity index (χ4n) is 3.69. The highest BCUT2D eigenvalue weighted by molar-refractivity contribution is 6.06. The van der Waals surface area contributed by atoms with Crippen molar-refractivity contribution in [1.29, 1.82) is 0 Å². The first-order valence-corrected chi connectivity index (χ1v) is 9.43. The molecule has 0 aromatic carbocycles. The number of aromatic nitrogens is 1. The molecule has 2 rings (SSSR count). The van der Waals surface area contributed by atoms with Gasteiger partial charge in [0.05, 0.1) is 12.6 Å². The molecule has 6 heteroatoms. The van der Waals surface area contributed by atoms with Crippen LogP contribution in [0, 0.1) is 19.8 Å². The number of rotatable bonds is 7. The number of ketones is 1. The number of ether oxygens (including phenoxy) is 1. The summed E-state index contributed by atoms with van der Waals surface area (Å²) in [5, 5.41) is 0. The van der Waals surface area contributed by atoms with Gasteiger partial charge in [-0.3, -0.25) is 9.59 Å². The normalized spacial score (nSPS) is 15.3. The molecule has 6 nitrogen and oxygen atoms in total. The Balaban J connectivity index is 2.34. The van der Waals surface area contributed by atoms with Crippen LogP contribution in [0.5, 0.6) is 0 Å². The lowest BCUT2D eigenvalue weighted by atomic mass is 9.84. The maximum absolute atomic E-state index is 13.2. The zero-order valence-corrected chi connectivity index (χ0v) is 16.7. The number of nitrogens with zero attached hydrogens (tertiary/aromatic N) is 2. The molecule has 1 aliphatic carbocycles. The lowest BCUT2D eigenvalue weighted by Crippen LogP contribution is -2.47. The zero-order valence-electron chi connectivity index (χ0n) is 16.7. The van der Waals surface area contributed by atoms with E-state index in [9.17, 15) is 14.4 Å². The van der Waals surface area contributed by atoms with Gasteiger partial charge in [-0.1, -0.05) is 6.42 Å². The monoisotopic (exact) mass is 362 g/mol. The Morgan fingerprint density at radius 3 is 2.31 bits per heavy atom. The third-order valence-corrected chi connectivity index (χ3v) is 5.57. The Morgan fingerprint density at radius 1 is 1.23 bits per heavy atom. The summed E-state index contributed by atoms with van der Waals surface area (Å²) in [5.74, 6) is -0.435. The van der Waals surface area contributed by atoms with Crippen molar-refractivity contribution < 1.29 is 19.1 Å². The van der Waals surface area contributed by atoms with Crippen molar-refractivity contribution >= 4 is 17.7 Å². The molecule has 0 radical (unpaired) electrons. The van der Waals surface area contributed by atoms with Crippen molar-refractivity contribution in [3.05, 3.63) is 22.5 Å². The van der Waals surface area contributed by atoms with Crippen LogP contribution in [0.15, 0.2) is 0 Å². The highest BCUT2D eigenvalue weighted by Gasteiger charge is 2.35. The van der Waals surface area contributed by atoms with Crippen molar-refractivity contribution in [2.24, 2.45) is 13.0 Å². The Kier molecular flexibility index (Phi) is 6.26. The number of hydrogen-bond donors (Lipinski definition) is 0. The van der Waals surface area contributed by atoms with E-state index in [1.54, 1.807) is 37.3 Å². The first kappa shape index (κ1) is 20.2. The van der Waals surface area contributed by atoms with Crippen LogP contribution in [0.3, 0.4) is 0 Å². The first-order chi connectivity index (χ1) is 12.3. The van der Waals surface area contributed by atoms with E-state index in [0.717, 1.165) is 25.0 Å². The average Bonchev–Trinajstić information content (AvgIpc) is 2.75. The predicted octanol–water partition coefficient (Wildman–Crippen LogP) is 3.04. The van der Waals surface area contributed by atoms with Crippen LogP contribution < -0.4 is 0 Å². The van der Waals surface area contributed by atoms with Crippen LogP contribution in [0.2, 0.25) is 0 Å². The number of esters is 1. The largest absolute Gasteiger partial charge is 0.461 e. The van der Waals surface area contributed by atoms with E-state index in [0.29, 0.717) is 23.4 Å². The summed E-state index contributed by atoms with van der Waals surface area (Å²) < 4.78 is 6.83. The van der Waals surface area contributed by atoms with Gasteiger partial charge in [0.25, 0.3) is 0 Å². The molecule has 1 aromatic rings. The van der Waals surface area contributed by atoms with Crippen molar-refractivity contribution in [1.82, 2.24) is 9.47 Å². The van der Waals surface area contributed by atoms with Gasteiger partial charge in [0.2, 0.25) is 5.91 Å². The van der Waals surface area contributed by atoms with Crippen LogP contribution in [-0.4, -0.2) is 46.3 Å². The van der Waals surface area contributed by atoms with Gasteiger partial charge >= 0.3 is 5.97 Å². The molecule has 1 heterocycles. The van der Waals surface area contributed by atoms with Gasteiger partial charge in [0.15, 0.2) is 5.78 Å². The molecule has 1 fully saturated rings. The van der Waals surface area contributed by atoms with E-state index in [2.05, 4.69) is 0 Å². The number of hydrogen-bond acceptors (Lipinski definition) is 4. The number of carbonyl (C=O) groups is 3. The molecule has 1 saturated carbocycles. The second-order valence-corrected chi connectivity index (χ2v) is 7.01. The Hall–Kier alpha value is -2.11. The van der Waals surface area contributed by atoms with E-state index in [1.807, 2.05) is 13.8 Å². The first-order valence-electron chi connectivity index (χ1n) is 9.43. The van der Waals surface area contributed by atoms with Gasteiger partial charge in [-0.15, -0.1) is 0 Å². The summed E-state index contributed by atoms with van der Waals surface area (Å²) in [6.45, 7) is 9.79. The van der Waals surface area contributed by atoms with Gasteiger partial charge in [-0.25, -0.2) is 4.79 Å². The van der Waals surface area contributed by atoms with Crippen molar-refractivity contribution in [3.8, 4) is 0 Å². The maximum Gasteiger partial charge on any atom is 0.355 e. The van der Waals surface area contributed by atoms with Gasteiger partial charge in [0.1, 0.15) is 5.69 Å². The Labute approximate surface area is 155 Å². The molecule has 144 valence electrons. The number of likely N-dealkylation sites (N-methyl/N-ethyl adjacent to an activating group) is 1. The van der Waals surface area contributed by atoms with Crippen LogP contribution in [-0.2, 0) is 16.6 Å². The molecule has 1 atom stereocenters.